The normalized spacial score (nSPS) is 9.62. The van der Waals surface area contributed by atoms with Gasteiger partial charge in [0.1, 0.15) is 0 Å². The van der Waals surface area contributed by atoms with E-state index in [1.807, 2.05) is 0 Å². The summed E-state index contributed by atoms with van der Waals surface area (Å²) in [4.78, 5) is 11.1. The first kappa shape index (κ1) is 18.5. The van der Waals surface area contributed by atoms with Crippen LogP contribution in [0.15, 0.2) is 0 Å². The zero-order chi connectivity index (χ0) is 11.4. The third-order valence-electron chi connectivity index (χ3n) is 2.41. The van der Waals surface area contributed by atoms with Crippen molar-refractivity contribution in [3.63, 3.8) is 0 Å². The molecule has 16 heavy (non-hydrogen) atoms. The minimum absolute atomic E-state index is 0. The largest absolute Gasteiger partial charge is 0.396 e. The van der Waals surface area contributed by atoms with E-state index in [0.717, 1.165) is 13.0 Å². The molecule has 0 bridgehead atoms. The number of unbranched alkanes of at least 4 members (excludes halogenated alkanes) is 5. The molecule has 0 aliphatic heterocycles. The molecule has 0 aliphatic carbocycles. The second kappa shape index (κ2) is 15.1. The summed E-state index contributed by atoms with van der Waals surface area (Å²) in [5.41, 5.74) is 0. The fourth-order valence-electron chi connectivity index (χ4n) is 1.46. The van der Waals surface area contributed by atoms with Crippen molar-refractivity contribution in [3.05, 3.63) is 0 Å². The molecule has 0 spiro atoms. The Morgan fingerprint density at radius 2 is 1.69 bits per heavy atom. The molecule has 3 nitrogen and oxygen atoms in total. The van der Waals surface area contributed by atoms with Crippen molar-refractivity contribution in [1.82, 2.24) is 5.32 Å². The van der Waals surface area contributed by atoms with Gasteiger partial charge in [-0.2, -0.15) is 0 Å². The quantitative estimate of drug-likeness (QED) is 0.554. The van der Waals surface area contributed by atoms with Gasteiger partial charge in [0.25, 0.3) is 0 Å². The minimum Gasteiger partial charge on any atom is -0.396 e. The van der Waals surface area contributed by atoms with Crippen LogP contribution in [0, 0.1) is 0 Å². The van der Waals surface area contributed by atoms with Gasteiger partial charge in [-0.15, -0.1) is 0 Å². The molecule has 0 fully saturated rings. The molecule has 0 aromatic rings. The maximum atomic E-state index is 11.1. The molecular weight excluding hydrogens is 374 g/mol. The Hall–Kier alpha value is 0.118. The third-order valence-corrected chi connectivity index (χ3v) is 2.41. The summed E-state index contributed by atoms with van der Waals surface area (Å²) in [5.74, 6) is 0.0672. The van der Waals surface area contributed by atoms with Crippen molar-refractivity contribution >= 4 is 5.91 Å². The summed E-state index contributed by atoms with van der Waals surface area (Å²) in [6, 6.07) is 0. The van der Waals surface area contributed by atoms with Crippen LogP contribution in [0.5, 0.6) is 0 Å². The van der Waals surface area contributed by atoms with E-state index >= 15 is 0 Å². The molecule has 0 aromatic heterocycles. The molecule has 0 aliphatic rings. The summed E-state index contributed by atoms with van der Waals surface area (Å²) >= 11 is 0. The summed E-state index contributed by atoms with van der Waals surface area (Å²) < 4.78 is 0. The van der Waals surface area contributed by atoms with E-state index in [1.54, 1.807) is 0 Å². The van der Waals surface area contributed by atoms with Crippen molar-refractivity contribution < 1.29 is 31.0 Å². The van der Waals surface area contributed by atoms with Gasteiger partial charge in [-0.3, -0.25) is 4.79 Å². The average molecular weight is 399 g/mol. The van der Waals surface area contributed by atoms with E-state index in [0.29, 0.717) is 12.8 Å². The molecular formula is C12H25NO2W. The minimum atomic E-state index is 0. The first-order valence-electron chi connectivity index (χ1n) is 6.18. The van der Waals surface area contributed by atoms with Crippen LogP contribution in [0.1, 0.15) is 58.3 Å². The number of hydrogen-bond donors (Lipinski definition) is 2. The van der Waals surface area contributed by atoms with Crippen LogP contribution >= 0.6 is 0 Å². The second-order valence-electron chi connectivity index (χ2n) is 3.94. The number of hydrogen-bond acceptors (Lipinski definition) is 2. The van der Waals surface area contributed by atoms with E-state index < -0.39 is 0 Å². The first-order valence-corrected chi connectivity index (χ1v) is 6.18. The van der Waals surface area contributed by atoms with Crippen molar-refractivity contribution in [3.8, 4) is 0 Å². The van der Waals surface area contributed by atoms with Gasteiger partial charge in [-0.25, -0.2) is 0 Å². The number of nitrogens with one attached hydrogen (secondary N) is 1. The SMILES string of the molecule is CCCCCCCCNC(=O)CCCO.[W]. The van der Waals surface area contributed by atoms with E-state index in [1.165, 1.54) is 32.1 Å². The van der Waals surface area contributed by atoms with Crippen molar-refractivity contribution in [1.29, 1.82) is 0 Å². The molecule has 0 aromatic carbocycles. The Kier molecular flexibility index (Phi) is 17.5. The second-order valence-corrected chi connectivity index (χ2v) is 3.94. The van der Waals surface area contributed by atoms with Crippen LogP contribution in [-0.4, -0.2) is 24.2 Å². The molecule has 0 saturated carbocycles. The summed E-state index contributed by atoms with van der Waals surface area (Å²) in [5, 5.41) is 11.4. The fourth-order valence-corrected chi connectivity index (χ4v) is 1.46. The number of aliphatic hydroxyl groups is 1. The van der Waals surface area contributed by atoms with Crippen LogP contribution in [0.25, 0.3) is 0 Å². The van der Waals surface area contributed by atoms with Crippen LogP contribution in [0.2, 0.25) is 0 Å². The van der Waals surface area contributed by atoms with Gasteiger partial charge < -0.3 is 10.4 Å². The molecule has 0 rings (SSSR count). The number of aliphatic hydroxyl groups excluding tert-OH is 1. The van der Waals surface area contributed by atoms with Crippen molar-refractivity contribution in [2.24, 2.45) is 0 Å². The zero-order valence-electron chi connectivity index (χ0n) is 10.3. The van der Waals surface area contributed by atoms with Gasteiger partial charge in [-0.1, -0.05) is 39.0 Å². The van der Waals surface area contributed by atoms with Crippen LogP contribution in [0.4, 0.5) is 0 Å². The molecule has 0 heterocycles. The third kappa shape index (κ3) is 14.1. The fraction of sp³-hybridized carbons (Fsp3) is 0.917. The van der Waals surface area contributed by atoms with E-state index in [4.69, 9.17) is 5.11 Å². The van der Waals surface area contributed by atoms with Gasteiger partial charge in [0.05, 0.1) is 0 Å². The monoisotopic (exact) mass is 399 g/mol. The van der Waals surface area contributed by atoms with Crippen molar-refractivity contribution in [2.75, 3.05) is 13.2 Å². The summed E-state index contributed by atoms with van der Waals surface area (Å²) in [6.45, 7) is 3.10. The maximum absolute atomic E-state index is 11.1. The predicted octanol–water partition coefficient (Wildman–Crippen LogP) is 2.23. The molecule has 0 unspecified atom stereocenters. The van der Waals surface area contributed by atoms with E-state index in [2.05, 4.69) is 12.2 Å². The van der Waals surface area contributed by atoms with Crippen LogP contribution in [0.3, 0.4) is 0 Å². The molecule has 4 heteroatoms. The maximum Gasteiger partial charge on any atom is 0.220 e. The molecule has 0 saturated heterocycles. The van der Waals surface area contributed by atoms with E-state index in [-0.39, 0.29) is 33.6 Å². The summed E-state index contributed by atoms with van der Waals surface area (Å²) in [7, 11) is 0. The predicted molar refractivity (Wildman–Crippen MR) is 62.7 cm³/mol. The molecule has 96 valence electrons. The standard InChI is InChI=1S/C12H25NO2.W/c1-2-3-4-5-6-7-10-13-12(15)9-8-11-14;/h14H,2-11H2,1H3,(H,13,15);. The first-order chi connectivity index (χ1) is 7.31. The number of carbonyl (C=O) groups excluding carboxylic acids is 1. The van der Waals surface area contributed by atoms with Gasteiger partial charge in [0.2, 0.25) is 5.91 Å². The van der Waals surface area contributed by atoms with Gasteiger partial charge >= 0.3 is 0 Å². The molecule has 0 radical (unpaired) electrons. The topological polar surface area (TPSA) is 49.3 Å². The Labute approximate surface area is 114 Å². The van der Waals surface area contributed by atoms with Crippen LogP contribution in [-0.2, 0) is 25.9 Å². The van der Waals surface area contributed by atoms with Gasteiger partial charge in [0, 0.05) is 40.6 Å². The smallest absolute Gasteiger partial charge is 0.220 e. The number of rotatable bonds is 10. The number of carbonyl (C=O) groups is 1. The van der Waals surface area contributed by atoms with E-state index in [9.17, 15) is 4.79 Å². The Bertz CT molecular complexity index is 154. The molecule has 2 N–H and O–H groups in total. The van der Waals surface area contributed by atoms with Gasteiger partial charge in [0.15, 0.2) is 0 Å². The molecule has 1 amide bonds. The number of amides is 1. The Balaban J connectivity index is 0. The summed E-state index contributed by atoms with van der Waals surface area (Å²) in [6.07, 6.45) is 8.50. The Morgan fingerprint density at radius 1 is 1.06 bits per heavy atom. The van der Waals surface area contributed by atoms with Gasteiger partial charge in [-0.05, 0) is 12.8 Å². The Morgan fingerprint density at radius 3 is 2.31 bits per heavy atom. The molecule has 0 atom stereocenters. The average Bonchev–Trinajstić information content (AvgIpc) is 2.25. The van der Waals surface area contributed by atoms with Crippen LogP contribution < -0.4 is 5.32 Å². The zero-order valence-corrected chi connectivity index (χ0v) is 13.3. The van der Waals surface area contributed by atoms with Crippen molar-refractivity contribution in [2.45, 2.75) is 58.3 Å².